The van der Waals surface area contributed by atoms with Crippen molar-refractivity contribution in [2.24, 2.45) is 0 Å². The molecule has 0 rings (SSSR count). The van der Waals surface area contributed by atoms with Gasteiger partial charge >= 0.3 is 0 Å². The molecule has 0 saturated carbocycles. The molecule has 0 aromatic heterocycles. The van der Waals surface area contributed by atoms with Crippen LogP contribution in [0.25, 0.3) is 0 Å². The predicted molar refractivity (Wildman–Crippen MR) is 273 cm³/mol. The van der Waals surface area contributed by atoms with Gasteiger partial charge in [-0.3, -0.25) is 4.79 Å². The fourth-order valence-electron chi connectivity index (χ4n) is 8.67. The van der Waals surface area contributed by atoms with Crippen LogP contribution in [0.1, 0.15) is 296 Å². The Bertz CT molecular complexity index is 962. The normalized spacial score (nSPS) is 13.6. The lowest BCUT2D eigenvalue weighted by atomic mass is 10.0. The molecule has 0 spiro atoms. The van der Waals surface area contributed by atoms with Gasteiger partial charge < -0.3 is 20.6 Å². The maximum Gasteiger partial charge on any atom is 0.222 e. The van der Waals surface area contributed by atoms with Crippen LogP contribution in [0, 0.1) is 0 Å². The van der Waals surface area contributed by atoms with Crippen molar-refractivity contribution in [2.45, 2.75) is 315 Å². The molecule has 4 N–H and O–H groups in total. The van der Waals surface area contributed by atoms with Gasteiger partial charge in [-0.05, 0) is 51.4 Å². The third-order valence-electron chi connectivity index (χ3n) is 12.9. The fraction of sp³-hybridized carbons (Fsp3) is 0.877. The molecule has 5 nitrogen and oxygen atoms in total. The molecule has 366 valence electrons. The number of amides is 1. The van der Waals surface area contributed by atoms with Gasteiger partial charge in [0.1, 0.15) is 0 Å². The van der Waals surface area contributed by atoms with E-state index in [1.54, 1.807) is 6.08 Å². The standard InChI is InChI=1S/C57H109NO4/c1-3-5-7-9-11-13-15-16-17-18-19-20-21-22-23-24-25-26-27-28-29-30-31-32-33-34-35-36-37-38-39-40-41-42-44-46-48-50-54(60)52-57(62)58-55(53-59)56(61)51-49-47-45-43-14-12-10-8-6-4-2/h25-26,28-29,49,51,54-56,59-61H,3-24,27,30-48,50,52-53H2,1-2H3,(H,58,62)/b26-25-,29-28-,51-49+. The lowest BCUT2D eigenvalue weighted by Gasteiger charge is -2.21. The molecule has 0 aromatic rings. The molecule has 5 heteroatoms. The number of hydrogen-bond acceptors (Lipinski definition) is 4. The van der Waals surface area contributed by atoms with Crippen molar-refractivity contribution in [2.75, 3.05) is 6.61 Å². The maximum absolute atomic E-state index is 12.4. The van der Waals surface area contributed by atoms with Crippen molar-refractivity contribution in [3.05, 3.63) is 36.5 Å². The minimum Gasteiger partial charge on any atom is -0.394 e. The van der Waals surface area contributed by atoms with E-state index in [2.05, 4.69) is 43.5 Å². The second kappa shape index (κ2) is 52.2. The molecular formula is C57H109NO4. The van der Waals surface area contributed by atoms with E-state index in [-0.39, 0.29) is 18.9 Å². The smallest absolute Gasteiger partial charge is 0.222 e. The average Bonchev–Trinajstić information content (AvgIpc) is 3.27. The second-order valence-corrected chi connectivity index (χ2v) is 19.2. The Labute approximate surface area is 387 Å². The van der Waals surface area contributed by atoms with Crippen molar-refractivity contribution >= 4 is 5.91 Å². The van der Waals surface area contributed by atoms with Crippen LogP contribution in [0.2, 0.25) is 0 Å². The Balaban J connectivity index is 3.46. The van der Waals surface area contributed by atoms with Gasteiger partial charge in [0.25, 0.3) is 0 Å². The zero-order chi connectivity index (χ0) is 45.1. The fourth-order valence-corrected chi connectivity index (χ4v) is 8.67. The summed E-state index contributed by atoms with van der Waals surface area (Å²) in [5.41, 5.74) is 0. The van der Waals surface area contributed by atoms with Gasteiger partial charge in [-0.25, -0.2) is 0 Å². The number of rotatable bonds is 51. The first kappa shape index (κ1) is 60.6. The number of carbonyl (C=O) groups is 1. The highest BCUT2D eigenvalue weighted by Crippen LogP contribution is 2.17. The van der Waals surface area contributed by atoms with E-state index in [4.69, 9.17) is 0 Å². The first-order valence-electron chi connectivity index (χ1n) is 27.8. The number of aliphatic hydroxyl groups excluding tert-OH is 3. The highest BCUT2D eigenvalue weighted by Gasteiger charge is 2.20. The Kier molecular flexibility index (Phi) is 51.0. The molecular weight excluding hydrogens is 763 g/mol. The summed E-state index contributed by atoms with van der Waals surface area (Å²) in [4.78, 5) is 12.4. The summed E-state index contributed by atoms with van der Waals surface area (Å²) in [5.74, 6) is -0.315. The largest absolute Gasteiger partial charge is 0.394 e. The maximum atomic E-state index is 12.4. The second-order valence-electron chi connectivity index (χ2n) is 19.2. The third kappa shape index (κ3) is 48.0. The van der Waals surface area contributed by atoms with Crippen LogP contribution in [-0.4, -0.2) is 46.1 Å². The molecule has 0 radical (unpaired) electrons. The molecule has 0 aliphatic heterocycles. The number of carbonyl (C=O) groups excluding carboxylic acids is 1. The minimum atomic E-state index is -0.926. The zero-order valence-electron chi connectivity index (χ0n) is 41.8. The van der Waals surface area contributed by atoms with Gasteiger partial charge in [-0.15, -0.1) is 0 Å². The number of hydrogen-bond donors (Lipinski definition) is 4. The Morgan fingerprint density at radius 1 is 0.419 bits per heavy atom. The molecule has 1 amide bonds. The van der Waals surface area contributed by atoms with E-state index in [9.17, 15) is 20.1 Å². The topological polar surface area (TPSA) is 89.8 Å². The van der Waals surface area contributed by atoms with E-state index in [0.29, 0.717) is 6.42 Å². The summed E-state index contributed by atoms with van der Waals surface area (Å²) in [5, 5.41) is 33.2. The molecule has 0 aliphatic rings. The Morgan fingerprint density at radius 2 is 0.726 bits per heavy atom. The first-order chi connectivity index (χ1) is 30.5. The minimum absolute atomic E-state index is 0.0145. The van der Waals surface area contributed by atoms with Crippen molar-refractivity contribution in [3.63, 3.8) is 0 Å². The molecule has 0 fully saturated rings. The van der Waals surface area contributed by atoms with Crippen LogP contribution in [0.5, 0.6) is 0 Å². The SMILES string of the molecule is CCCCCCCCCC/C=C/C(O)C(CO)NC(=O)CC(O)CCCCCCCCCCCCCCCCC/C=C\C/C=C\CCCCCCCCCCCCCCCCC. The quantitative estimate of drug-likeness (QED) is 0.0362. The summed E-state index contributed by atoms with van der Waals surface area (Å²) in [7, 11) is 0. The van der Waals surface area contributed by atoms with Gasteiger partial charge in [-0.1, -0.05) is 275 Å². The number of allylic oxidation sites excluding steroid dienone is 5. The molecule has 3 atom stereocenters. The predicted octanol–water partition coefficient (Wildman–Crippen LogP) is 17.1. The lowest BCUT2D eigenvalue weighted by Crippen LogP contribution is -2.45. The summed E-state index contributed by atoms with van der Waals surface area (Å²) >= 11 is 0. The monoisotopic (exact) mass is 872 g/mol. The number of aliphatic hydroxyl groups is 3. The molecule has 0 saturated heterocycles. The molecule has 0 aromatic carbocycles. The van der Waals surface area contributed by atoms with E-state index < -0.39 is 18.2 Å². The van der Waals surface area contributed by atoms with Gasteiger partial charge in [0.15, 0.2) is 0 Å². The lowest BCUT2D eigenvalue weighted by molar-refractivity contribution is -0.124. The zero-order valence-corrected chi connectivity index (χ0v) is 41.8. The van der Waals surface area contributed by atoms with Crippen LogP contribution in [-0.2, 0) is 4.79 Å². The van der Waals surface area contributed by atoms with Crippen molar-refractivity contribution in [1.82, 2.24) is 5.32 Å². The van der Waals surface area contributed by atoms with Crippen molar-refractivity contribution in [1.29, 1.82) is 0 Å². The van der Waals surface area contributed by atoms with E-state index in [0.717, 1.165) is 32.1 Å². The molecule has 0 aliphatic carbocycles. The first-order valence-corrected chi connectivity index (χ1v) is 27.8. The molecule has 62 heavy (non-hydrogen) atoms. The van der Waals surface area contributed by atoms with Crippen LogP contribution in [0.15, 0.2) is 36.5 Å². The van der Waals surface area contributed by atoms with Crippen LogP contribution in [0.4, 0.5) is 0 Å². The highest BCUT2D eigenvalue weighted by atomic mass is 16.3. The van der Waals surface area contributed by atoms with E-state index in [1.165, 1.54) is 238 Å². The average molecular weight is 873 g/mol. The highest BCUT2D eigenvalue weighted by molar-refractivity contribution is 5.76. The van der Waals surface area contributed by atoms with Gasteiger partial charge in [-0.2, -0.15) is 0 Å². The summed E-state index contributed by atoms with van der Waals surface area (Å²) in [6.45, 7) is 4.21. The van der Waals surface area contributed by atoms with Crippen LogP contribution in [0.3, 0.4) is 0 Å². The molecule has 3 unspecified atom stereocenters. The summed E-state index contributed by atoms with van der Waals surface area (Å²) in [6.07, 6.45) is 67.9. The van der Waals surface area contributed by atoms with Gasteiger partial charge in [0.05, 0.1) is 31.3 Å². The summed E-state index contributed by atoms with van der Waals surface area (Å²) in [6, 6.07) is -0.742. The Morgan fingerprint density at radius 3 is 1.06 bits per heavy atom. The van der Waals surface area contributed by atoms with Gasteiger partial charge in [0, 0.05) is 0 Å². The van der Waals surface area contributed by atoms with Crippen molar-refractivity contribution < 1.29 is 20.1 Å². The van der Waals surface area contributed by atoms with E-state index >= 15 is 0 Å². The van der Waals surface area contributed by atoms with Crippen LogP contribution >= 0.6 is 0 Å². The van der Waals surface area contributed by atoms with Gasteiger partial charge in [0.2, 0.25) is 5.91 Å². The molecule has 0 heterocycles. The van der Waals surface area contributed by atoms with Crippen molar-refractivity contribution in [3.8, 4) is 0 Å². The summed E-state index contributed by atoms with van der Waals surface area (Å²) < 4.78 is 0. The third-order valence-corrected chi connectivity index (χ3v) is 12.9. The number of unbranched alkanes of at least 4 members (excludes halogenated alkanes) is 38. The van der Waals surface area contributed by atoms with Crippen LogP contribution < -0.4 is 5.32 Å². The number of nitrogens with one attached hydrogen (secondary N) is 1. The van der Waals surface area contributed by atoms with E-state index in [1.807, 2.05) is 6.08 Å². The Hall–Kier alpha value is -1.43. The molecule has 0 bridgehead atoms.